The Bertz CT molecular complexity index is 1080. The predicted octanol–water partition coefficient (Wildman–Crippen LogP) is 2.85. The van der Waals surface area contributed by atoms with Crippen LogP contribution in [0.3, 0.4) is 0 Å². The first kappa shape index (κ1) is 20.6. The van der Waals surface area contributed by atoms with Gasteiger partial charge in [0.1, 0.15) is 12.0 Å². The zero-order valence-electron chi connectivity index (χ0n) is 16.3. The first-order valence-electron chi connectivity index (χ1n) is 9.44. The van der Waals surface area contributed by atoms with Gasteiger partial charge in [0.2, 0.25) is 0 Å². The summed E-state index contributed by atoms with van der Waals surface area (Å²) in [5.41, 5.74) is 9.59. The number of rotatable bonds is 5. The molecule has 0 saturated heterocycles. The minimum atomic E-state index is -1.26. The van der Waals surface area contributed by atoms with E-state index in [4.69, 9.17) is 22.1 Å². The number of aliphatic hydroxyl groups excluding tert-OH is 1. The van der Waals surface area contributed by atoms with E-state index in [0.29, 0.717) is 47.4 Å². The third-order valence-electron chi connectivity index (χ3n) is 5.06. The highest BCUT2D eigenvalue weighted by atomic mass is 35.5. The molecule has 3 heterocycles. The summed E-state index contributed by atoms with van der Waals surface area (Å²) in [7, 11) is 1.53. The average molecular weight is 430 g/mol. The highest BCUT2D eigenvalue weighted by Gasteiger charge is 2.24. The fourth-order valence-corrected chi connectivity index (χ4v) is 3.80. The Morgan fingerprint density at radius 2 is 2.10 bits per heavy atom. The molecule has 3 aromatic rings. The zero-order chi connectivity index (χ0) is 21.3. The molecular weight excluding hydrogens is 409 g/mol. The predicted molar refractivity (Wildman–Crippen MR) is 110 cm³/mol. The summed E-state index contributed by atoms with van der Waals surface area (Å²) in [6.45, 7) is 1.85. The molecule has 1 unspecified atom stereocenters. The third-order valence-corrected chi connectivity index (χ3v) is 5.30. The number of hydrogen-bond donors (Lipinski definition) is 2. The van der Waals surface area contributed by atoms with E-state index < -0.39 is 12.0 Å². The second-order valence-corrected chi connectivity index (χ2v) is 7.52. The molecule has 9 heteroatoms. The average Bonchev–Trinajstić information content (AvgIpc) is 2.73. The van der Waals surface area contributed by atoms with Gasteiger partial charge in [0.25, 0.3) is 0 Å². The smallest absolute Gasteiger partial charge is 0.316 e. The third kappa shape index (κ3) is 4.27. The molecule has 156 valence electrons. The molecule has 0 bridgehead atoms. The van der Waals surface area contributed by atoms with Gasteiger partial charge in [-0.25, -0.2) is 9.37 Å². The first-order valence-corrected chi connectivity index (χ1v) is 9.82. The van der Waals surface area contributed by atoms with Crippen molar-refractivity contribution in [1.29, 1.82) is 0 Å². The Hall–Kier alpha value is -2.65. The maximum absolute atomic E-state index is 14.6. The van der Waals surface area contributed by atoms with E-state index in [1.165, 1.54) is 13.2 Å². The van der Waals surface area contributed by atoms with Gasteiger partial charge in [0.15, 0.2) is 0 Å². The van der Waals surface area contributed by atoms with Crippen molar-refractivity contribution in [2.24, 2.45) is 5.73 Å². The van der Waals surface area contributed by atoms with Crippen LogP contribution in [0.15, 0.2) is 36.5 Å². The van der Waals surface area contributed by atoms with Crippen LogP contribution in [0.1, 0.15) is 28.9 Å². The summed E-state index contributed by atoms with van der Waals surface area (Å²) < 4.78 is 19.7. The van der Waals surface area contributed by atoms with Crippen LogP contribution in [0.4, 0.5) is 4.39 Å². The molecule has 0 radical (unpaired) electrons. The number of fused-ring (bicyclic) bond motifs is 1. The summed E-state index contributed by atoms with van der Waals surface area (Å²) in [6, 6.07) is 8.36. The highest BCUT2D eigenvalue weighted by molar-refractivity contribution is 6.30. The fourth-order valence-electron chi connectivity index (χ4n) is 3.64. The zero-order valence-corrected chi connectivity index (χ0v) is 17.1. The summed E-state index contributed by atoms with van der Waals surface area (Å²) in [6.07, 6.45) is 1.07. The molecule has 30 heavy (non-hydrogen) atoms. The van der Waals surface area contributed by atoms with Crippen molar-refractivity contribution in [3.63, 3.8) is 0 Å². The van der Waals surface area contributed by atoms with Crippen molar-refractivity contribution >= 4 is 11.6 Å². The number of ether oxygens (including phenoxy) is 1. The normalized spacial score (nSPS) is 15.0. The molecule has 1 aliphatic rings. The summed E-state index contributed by atoms with van der Waals surface area (Å²) in [5, 5.41) is 10.2. The van der Waals surface area contributed by atoms with Crippen molar-refractivity contribution < 1.29 is 14.2 Å². The molecular formula is C21H21ClFN5O2. The first-order chi connectivity index (χ1) is 14.4. The van der Waals surface area contributed by atoms with Crippen LogP contribution in [-0.4, -0.2) is 38.6 Å². The molecule has 3 N–H and O–H groups in total. The lowest BCUT2D eigenvalue weighted by Crippen LogP contribution is -2.32. The number of nitrogens with zero attached hydrogens (tertiary/aromatic N) is 4. The van der Waals surface area contributed by atoms with Gasteiger partial charge in [-0.2, -0.15) is 4.98 Å². The lowest BCUT2D eigenvalue weighted by atomic mass is 9.92. The number of pyridine rings is 1. The molecule has 0 saturated carbocycles. The molecule has 1 aromatic carbocycles. The summed E-state index contributed by atoms with van der Waals surface area (Å²) in [5.74, 6) is -0.427. The molecule has 0 aliphatic carbocycles. The Kier molecular flexibility index (Phi) is 5.92. The van der Waals surface area contributed by atoms with Crippen molar-refractivity contribution in [2.75, 3.05) is 13.7 Å². The minimum absolute atomic E-state index is 0.295. The van der Waals surface area contributed by atoms with Gasteiger partial charge in [0, 0.05) is 36.4 Å². The van der Waals surface area contributed by atoms with E-state index in [1.807, 2.05) is 6.07 Å². The minimum Gasteiger partial charge on any atom is -0.467 e. The number of methoxy groups -OCH3 is 1. The number of hydrogen-bond acceptors (Lipinski definition) is 7. The van der Waals surface area contributed by atoms with Crippen LogP contribution in [0.5, 0.6) is 6.01 Å². The number of benzene rings is 1. The Balaban J connectivity index is 1.68. The molecule has 0 spiro atoms. The van der Waals surface area contributed by atoms with Crippen LogP contribution < -0.4 is 10.5 Å². The van der Waals surface area contributed by atoms with E-state index in [1.54, 1.807) is 24.4 Å². The monoisotopic (exact) mass is 429 g/mol. The number of nitrogens with two attached hydrogens (primary N) is 1. The molecule has 0 fully saturated rings. The Morgan fingerprint density at radius 1 is 1.27 bits per heavy atom. The van der Waals surface area contributed by atoms with Crippen molar-refractivity contribution in [3.8, 4) is 17.1 Å². The van der Waals surface area contributed by atoms with Crippen LogP contribution in [-0.2, 0) is 19.5 Å². The van der Waals surface area contributed by atoms with Gasteiger partial charge in [-0.1, -0.05) is 11.6 Å². The summed E-state index contributed by atoms with van der Waals surface area (Å²) >= 11 is 5.91. The SMILES string of the molecule is COc1nccc(CN2CCc3c(-c4ccc(Cl)cc4F)cc(C(N)O)nc3C2)n1. The Morgan fingerprint density at radius 3 is 2.83 bits per heavy atom. The van der Waals surface area contributed by atoms with E-state index in [-0.39, 0.29) is 0 Å². The lowest BCUT2D eigenvalue weighted by molar-refractivity contribution is 0.179. The number of aromatic nitrogens is 3. The van der Waals surface area contributed by atoms with Gasteiger partial charge >= 0.3 is 6.01 Å². The summed E-state index contributed by atoms with van der Waals surface area (Å²) in [4.78, 5) is 15.1. The molecule has 1 atom stereocenters. The van der Waals surface area contributed by atoms with Crippen LogP contribution in [0, 0.1) is 5.82 Å². The lowest BCUT2D eigenvalue weighted by Gasteiger charge is -2.30. The van der Waals surface area contributed by atoms with Crippen LogP contribution in [0.25, 0.3) is 11.1 Å². The number of aliphatic hydroxyl groups is 1. The second kappa shape index (κ2) is 8.61. The van der Waals surface area contributed by atoms with Crippen LogP contribution >= 0.6 is 11.6 Å². The van der Waals surface area contributed by atoms with Crippen LogP contribution in [0.2, 0.25) is 5.02 Å². The molecule has 1 aliphatic heterocycles. The quantitative estimate of drug-likeness (QED) is 0.602. The van der Waals surface area contributed by atoms with Gasteiger partial charge in [0.05, 0.1) is 24.2 Å². The van der Waals surface area contributed by atoms with Crippen molar-refractivity contribution in [3.05, 3.63) is 70.0 Å². The molecule has 4 rings (SSSR count). The standard InChI is InChI=1S/C21H21ClFN5O2/c1-30-21-25-6-4-13(26-21)10-28-7-5-15-16(14-3-2-12(22)8-17(14)23)9-18(20(24)29)27-19(15)11-28/h2-4,6,8-9,20,29H,5,7,10-11,24H2,1H3. The fraction of sp³-hybridized carbons (Fsp3) is 0.286. The number of halogens is 2. The Labute approximate surface area is 178 Å². The molecule has 2 aromatic heterocycles. The maximum atomic E-state index is 14.6. The van der Waals surface area contributed by atoms with Gasteiger partial charge in [-0.3, -0.25) is 9.88 Å². The van der Waals surface area contributed by atoms with E-state index in [9.17, 15) is 9.50 Å². The van der Waals surface area contributed by atoms with E-state index >= 15 is 0 Å². The highest BCUT2D eigenvalue weighted by Crippen LogP contribution is 2.34. The molecule has 0 amide bonds. The topological polar surface area (TPSA) is 97.4 Å². The molecule has 7 nitrogen and oxygen atoms in total. The second-order valence-electron chi connectivity index (χ2n) is 7.08. The maximum Gasteiger partial charge on any atom is 0.316 e. The largest absolute Gasteiger partial charge is 0.467 e. The van der Waals surface area contributed by atoms with Gasteiger partial charge in [-0.05, 0) is 47.9 Å². The van der Waals surface area contributed by atoms with Gasteiger partial charge < -0.3 is 15.6 Å². The van der Waals surface area contributed by atoms with Crippen molar-refractivity contribution in [2.45, 2.75) is 25.7 Å². The van der Waals surface area contributed by atoms with Crippen molar-refractivity contribution in [1.82, 2.24) is 19.9 Å². The van der Waals surface area contributed by atoms with Gasteiger partial charge in [-0.15, -0.1) is 0 Å². The van der Waals surface area contributed by atoms with E-state index in [2.05, 4.69) is 19.9 Å². The van der Waals surface area contributed by atoms with E-state index in [0.717, 1.165) is 23.5 Å².